The van der Waals surface area contributed by atoms with E-state index in [2.05, 4.69) is 32.2 Å². The molecule has 1 atom stereocenters. The number of hydrogen-bond donors (Lipinski definition) is 1. The van der Waals surface area contributed by atoms with Gasteiger partial charge in [0.1, 0.15) is 16.8 Å². The van der Waals surface area contributed by atoms with Crippen molar-refractivity contribution in [3.63, 3.8) is 0 Å². The fourth-order valence-corrected chi connectivity index (χ4v) is 4.72. The van der Waals surface area contributed by atoms with Gasteiger partial charge in [-0.15, -0.1) is 11.3 Å². The number of fused-ring (bicyclic) bond motifs is 1. The molecular formula is C21H24N2O2S. The van der Waals surface area contributed by atoms with Crippen LogP contribution in [0.3, 0.4) is 0 Å². The summed E-state index contributed by atoms with van der Waals surface area (Å²) < 4.78 is 5.12. The Bertz CT molecular complexity index is 854. The van der Waals surface area contributed by atoms with E-state index in [-0.39, 0.29) is 11.3 Å². The zero-order valence-corrected chi connectivity index (χ0v) is 16.5. The number of nitriles is 1. The second-order valence-corrected chi connectivity index (χ2v) is 8.91. The minimum absolute atomic E-state index is 0.199. The number of benzene rings is 1. The van der Waals surface area contributed by atoms with E-state index in [9.17, 15) is 10.1 Å². The van der Waals surface area contributed by atoms with Crippen LogP contribution in [-0.2, 0) is 12.8 Å². The van der Waals surface area contributed by atoms with E-state index >= 15 is 0 Å². The predicted octanol–water partition coefficient (Wildman–Crippen LogP) is 5.03. The SMILES string of the molecule is COc1ccc(C(=O)Nc2sc3c(c2C#N)CC[C@H](C(C)(C)C)C3)cc1. The third kappa shape index (κ3) is 3.61. The average Bonchev–Trinajstić information content (AvgIpc) is 2.97. The average molecular weight is 369 g/mol. The van der Waals surface area contributed by atoms with Crippen LogP contribution in [-0.4, -0.2) is 13.0 Å². The molecule has 0 saturated carbocycles. The zero-order chi connectivity index (χ0) is 18.9. The Morgan fingerprint density at radius 3 is 2.58 bits per heavy atom. The Morgan fingerprint density at radius 2 is 2.00 bits per heavy atom. The highest BCUT2D eigenvalue weighted by atomic mass is 32.1. The molecule has 0 unspecified atom stereocenters. The topological polar surface area (TPSA) is 62.1 Å². The van der Waals surface area contributed by atoms with Gasteiger partial charge < -0.3 is 10.1 Å². The number of ether oxygens (including phenoxy) is 1. The number of amides is 1. The molecule has 0 bridgehead atoms. The van der Waals surface area contributed by atoms with Gasteiger partial charge in [-0.2, -0.15) is 5.26 Å². The third-order valence-electron chi connectivity index (χ3n) is 5.18. The van der Waals surface area contributed by atoms with E-state index in [4.69, 9.17) is 4.74 Å². The highest BCUT2D eigenvalue weighted by Crippen LogP contribution is 2.44. The summed E-state index contributed by atoms with van der Waals surface area (Å²) in [5.74, 6) is 1.11. The van der Waals surface area contributed by atoms with Crippen LogP contribution in [0.25, 0.3) is 0 Å². The molecule has 1 amide bonds. The number of methoxy groups -OCH3 is 1. The summed E-state index contributed by atoms with van der Waals surface area (Å²) in [6.07, 6.45) is 2.99. The summed E-state index contributed by atoms with van der Waals surface area (Å²) in [6.45, 7) is 6.81. The molecule has 0 radical (unpaired) electrons. The van der Waals surface area contributed by atoms with Gasteiger partial charge in [0.2, 0.25) is 0 Å². The first kappa shape index (κ1) is 18.5. The van der Waals surface area contributed by atoms with Gasteiger partial charge in [0.25, 0.3) is 5.91 Å². The van der Waals surface area contributed by atoms with Crippen LogP contribution in [0.1, 0.15) is 53.6 Å². The lowest BCUT2D eigenvalue weighted by Gasteiger charge is -2.33. The smallest absolute Gasteiger partial charge is 0.256 e. The fourth-order valence-electron chi connectivity index (χ4n) is 3.45. The maximum Gasteiger partial charge on any atom is 0.256 e. The second-order valence-electron chi connectivity index (χ2n) is 7.81. The van der Waals surface area contributed by atoms with E-state index in [1.165, 1.54) is 4.88 Å². The molecular weight excluding hydrogens is 344 g/mol. The monoisotopic (exact) mass is 368 g/mol. The Kier molecular flexibility index (Phi) is 5.06. The van der Waals surface area contributed by atoms with Gasteiger partial charge in [-0.05, 0) is 60.4 Å². The standard InChI is InChI=1S/C21H24N2O2S/c1-21(2,3)14-7-10-16-17(12-22)20(26-18(16)11-14)23-19(24)13-5-8-15(25-4)9-6-13/h5-6,8-9,14H,7,10-11H2,1-4H3,(H,23,24)/t14-/m0/s1. The zero-order valence-electron chi connectivity index (χ0n) is 15.7. The second kappa shape index (κ2) is 7.13. The van der Waals surface area contributed by atoms with Gasteiger partial charge in [0.05, 0.1) is 12.7 Å². The number of anilines is 1. The highest BCUT2D eigenvalue weighted by Gasteiger charge is 2.32. The van der Waals surface area contributed by atoms with Crippen LogP contribution in [0.4, 0.5) is 5.00 Å². The first-order valence-corrected chi connectivity index (χ1v) is 9.65. The fraction of sp³-hybridized carbons (Fsp3) is 0.429. The molecule has 0 spiro atoms. The van der Waals surface area contributed by atoms with Crippen LogP contribution in [0.15, 0.2) is 24.3 Å². The van der Waals surface area contributed by atoms with Crippen molar-refractivity contribution in [1.29, 1.82) is 5.26 Å². The van der Waals surface area contributed by atoms with E-state index < -0.39 is 0 Å². The maximum absolute atomic E-state index is 12.6. The Morgan fingerprint density at radius 1 is 1.31 bits per heavy atom. The number of thiophene rings is 1. The van der Waals surface area contributed by atoms with E-state index in [0.29, 0.717) is 27.8 Å². The van der Waals surface area contributed by atoms with Crippen molar-refractivity contribution in [1.82, 2.24) is 0 Å². The molecule has 1 aliphatic rings. The molecule has 3 rings (SSSR count). The molecule has 2 aromatic rings. The molecule has 26 heavy (non-hydrogen) atoms. The molecule has 5 heteroatoms. The molecule has 1 aromatic carbocycles. The third-order valence-corrected chi connectivity index (χ3v) is 6.35. The number of hydrogen-bond acceptors (Lipinski definition) is 4. The summed E-state index contributed by atoms with van der Waals surface area (Å²) in [6, 6.07) is 9.27. The van der Waals surface area contributed by atoms with Crippen LogP contribution in [0, 0.1) is 22.7 Å². The van der Waals surface area contributed by atoms with Crippen LogP contribution in [0.5, 0.6) is 5.75 Å². The molecule has 1 aliphatic carbocycles. The van der Waals surface area contributed by atoms with Crippen molar-refractivity contribution in [2.24, 2.45) is 11.3 Å². The number of carbonyl (C=O) groups excluding carboxylic acids is 1. The van der Waals surface area contributed by atoms with Crippen molar-refractivity contribution in [2.45, 2.75) is 40.0 Å². The van der Waals surface area contributed by atoms with E-state index in [1.807, 2.05) is 0 Å². The minimum Gasteiger partial charge on any atom is -0.497 e. The molecule has 1 aromatic heterocycles. The van der Waals surface area contributed by atoms with Crippen molar-refractivity contribution >= 4 is 22.2 Å². The Hall–Kier alpha value is -2.32. The van der Waals surface area contributed by atoms with Crippen molar-refractivity contribution < 1.29 is 9.53 Å². The van der Waals surface area contributed by atoms with E-state index in [1.54, 1.807) is 42.7 Å². The first-order valence-electron chi connectivity index (χ1n) is 8.83. The molecule has 1 heterocycles. The Labute approximate surface area is 158 Å². The number of nitrogens with one attached hydrogen (secondary N) is 1. The summed E-state index contributed by atoms with van der Waals surface area (Å²) in [4.78, 5) is 13.8. The molecule has 1 N–H and O–H groups in total. The molecule has 4 nitrogen and oxygen atoms in total. The van der Waals surface area contributed by atoms with Gasteiger partial charge in [0, 0.05) is 10.4 Å². The van der Waals surface area contributed by atoms with Gasteiger partial charge in [-0.3, -0.25) is 4.79 Å². The van der Waals surface area contributed by atoms with Crippen molar-refractivity contribution in [3.05, 3.63) is 45.8 Å². The molecule has 0 fully saturated rings. The maximum atomic E-state index is 12.6. The quantitative estimate of drug-likeness (QED) is 0.826. The summed E-state index contributed by atoms with van der Waals surface area (Å²) in [5.41, 5.74) is 2.57. The predicted molar refractivity (Wildman–Crippen MR) is 105 cm³/mol. The summed E-state index contributed by atoms with van der Waals surface area (Å²) >= 11 is 1.56. The number of nitrogens with zero attached hydrogens (tertiary/aromatic N) is 1. The van der Waals surface area contributed by atoms with Gasteiger partial charge in [-0.25, -0.2) is 0 Å². The summed E-state index contributed by atoms with van der Waals surface area (Å²) in [7, 11) is 1.59. The number of rotatable bonds is 3. The van der Waals surface area contributed by atoms with Gasteiger partial charge in [-0.1, -0.05) is 20.8 Å². The Balaban J connectivity index is 1.84. The summed E-state index contributed by atoms with van der Waals surface area (Å²) in [5, 5.41) is 13.2. The van der Waals surface area contributed by atoms with Crippen LogP contribution < -0.4 is 10.1 Å². The lowest BCUT2D eigenvalue weighted by atomic mass is 9.72. The largest absolute Gasteiger partial charge is 0.497 e. The van der Waals surface area contributed by atoms with Crippen molar-refractivity contribution in [3.8, 4) is 11.8 Å². The normalized spacial score (nSPS) is 16.5. The number of carbonyl (C=O) groups is 1. The lowest BCUT2D eigenvalue weighted by molar-refractivity contribution is 0.102. The van der Waals surface area contributed by atoms with Crippen LogP contribution in [0.2, 0.25) is 0 Å². The van der Waals surface area contributed by atoms with Gasteiger partial charge >= 0.3 is 0 Å². The highest BCUT2D eigenvalue weighted by molar-refractivity contribution is 7.16. The van der Waals surface area contributed by atoms with Gasteiger partial charge in [0.15, 0.2) is 0 Å². The first-order chi connectivity index (χ1) is 12.3. The molecule has 0 aliphatic heterocycles. The minimum atomic E-state index is -0.199. The molecule has 0 saturated heterocycles. The van der Waals surface area contributed by atoms with Crippen molar-refractivity contribution in [2.75, 3.05) is 12.4 Å². The molecule has 136 valence electrons. The lowest BCUT2D eigenvalue weighted by Crippen LogP contribution is -2.26. The van der Waals surface area contributed by atoms with E-state index in [0.717, 1.165) is 24.8 Å². The van der Waals surface area contributed by atoms with Crippen LogP contribution >= 0.6 is 11.3 Å².